The Morgan fingerprint density at radius 1 is 1.57 bits per heavy atom. The lowest BCUT2D eigenvalue weighted by atomic mass is 10.0. The van der Waals surface area contributed by atoms with E-state index in [4.69, 9.17) is 0 Å². The van der Waals surface area contributed by atoms with Gasteiger partial charge in [0.05, 0.1) is 0 Å². The van der Waals surface area contributed by atoms with E-state index in [0.717, 1.165) is 4.90 Å². The Balaban J connectivity index is 4.56. The topological polar surface area (TPSA) is 58.6 Å². The molecule has 1 N–H and O–H groups in total. The summed E-state index contributed by atoms with van der Waals surface area (Å²) in [5.74, 6) is -1.09. The molecule has 5 nitrogen and oxygen atoms in total. The second kappa shape index (κ2) is 5.16. The van der Waals surface area contributed by atoms with Crippen LogP contribution >= 0.6 is 12.8 Å². The van der Waals surface area contributed by atoms with E-state index in [1.54, 1.807) is 0 Å². The van der Waals surface area contributed by atoms with Gasteiger partial charge >= 0.3 is 0 Å². The van der Waals surface area contributed by atoms with Crippen molar-refractivity contribution in [1.82, 2.24) is 9.62 Å². The molecule has 0 heterocycles. The number of nitrogens with one attached hydrogen (secondary N) is 1. The van der Waals surface area contributed by atoms with E-state index in [-0.39, 0.29) is 0 Å². The maximum atomic E-state index is 11.4. The number of likely N-dealkylation sites (N-methyl/N-ethyl adjacent to an activating group) is 1. The molecular formula is C7H13FN2O3S. The van der Waals surface area contributed by atoms with Crippen LogP contribution < -0.4 is 4.72 Å². The Bertz CT molecular complexity index is 235. The third-order valence-electron chi connectivity index (χ3n) is 2.05. The molecule has 0 atom stereocenters. The van der Waals surface area contributed by atoms with Gasteiger partial charge in [-0.3, -0.25) is 9.59 Å². The Morgan fingerprint density at radius 3 is 2.43 bits per heavy atom. The van der Waals surface area contributed by atoms with Crippen molar-refractivity contribution in [1.29, 1.82) is 0 Å². The summed E-state index contributed by atoms with van der Waals surface area (Å²) >= 11 is 3.58. The molecule has 14 heavy (non-hydrogen) atoms. The highest BCUT2D eigenvalue weighted by Crippen LogP contribution is 2.13. The van der Waals surface area contributed by atoms with Crippen LogP contribution in [0.3, 0.4) is 0 Å². The summed E-state index contributed by atoms with van der Waals surface area (Å²) in [5.41, 5.74) is -1.10. The first-order chi connectivity index (χ1) is 6.37. The summed E-state index contributed by atoms with van der Waals surface area (Å²) in [6.07, 6.45) is 0. The summed E-state index contributed by atoms with van der Waals surface area (Å²) in [6.45, 7) is 2.31. The number of thiol groups is 1. The van der Waals surface area contributed by atoms with E-state index in [2.05, 4.69) is 22.5 Å². The van der Waals surface area contributed by atoms with Crippen molar-refractivity contribution in [2.24, 2.45) is 0 Å². The van der Waals surface area contributed by atoms with E-state index in [0.29, 0.717) is 0 Å². The van der Waals surface area contributed by atoms with Gasteiger partial charge in [-0.15, -0.1) is 0 Å². The lowest BCUT2D eigenvalue weighted by molar-refractivity contribution is -0.169. The zero-order chi connectivity index (χ0) is 11.4. The smallest absolute Gasteiger partial charge is 0.254 e. The maximum absolute atomic E-state index is 11.4. The number of halogens is 1. The van der Waals surface area contributed by atoms with Gasteiger partial charge in [-0.05, 0) is 18.4 Å². The van der Waals surface area contributed by atoms with E-state index in [9.17, 15) is 14.1 Å². The van der Waals surface area contributed by atoms with Crippen molar-refractivity contribution in [2.75, 3.05) is 13.7 Å². The van der Waals surface area contributed by atoms with Gasteiger partial charge in [-0.25, -0.2) is 0 Å². The maximum Gasteiger partial charge on any atom is 0.254 e. The van der Waals surface area contributed by atoms with E-state index in [1.807, 2.05) is 0 Å². The minimum atomic E-state index is -1.10. The lowest BCUT2D eigenvalue weighted by Gasteiger charge is -2.32. The van der Waals surface area contributed by atoms with Crippen molar-refractivity contribution < 1.29 is 19.1 Å². The van der Waals surface area contributed by atoms with Gasteiger partial charge in [0.25, 0.3) is 11.8 Å². The van der Waals surface area contributed by atoms with Gasteiger partial charge in [-0.1, -0.05) is 12.8 Å². The Labute approximate surface area is 87.0 Å². The highest BCUT2D eigenvalue weighted by Gasteiger charge is 2.34. The third-order valence-corrected chi connectivity index (χ3v) is 2.25. The number of carbonyl (C=O) groups is 2. The van der Waals surface area contributed by atoms with Crippen molar-refractivity contribution in [3.05, 3.63) is 0 Å². The fraction of sp³-hybridized carbons (Fsp3) is 0.714. The SMILES string of the molecule is CN(C(=O)COF)C(C)(C)C(=O)NS. The van der Waals surface area contributed by atoms with E-state index >= 15 is 0 Å². The standard InChI is InChI=1S/C7H13FN2O3S/c1-7(2,6(12)9-14)10(3)5(11)4-13-8/h14H,4H2,1-3H3,(H,9,12). The van der Waals surface area contributed by atoms with Gasteiger partial charge in [-0.2, -0.15) is 4.94 Å². The molecule has 0 spiro atoms. The average Bonchev–Trinajstić information content (AvgIpc) is 2.15. The largest absolute Gasteiger partial charge is 0.329 e. The highest BCUT2D eigenvalue weighted by molar-refractivity contribution is 7.78. The third kappa shape index (κ3) is 2.85. The van der Waals surface area contributed by atoms with Crippen LogP contribution in [0, 0.1) is 0 Å². The zero-order valence-electron chi connectivity index (χ0n) is 8.20. The van der Waals surface area contributed by atoms with Crippen molar-refractivity contribution in [3.8, 4) is 0 Å². The Hall–Kier alpha value is -0.820. The minimum absolute atomic E-state index is 0.462. The summed E-state index contributed by atoms with van der Waals surface area (Å²) < 4.78 is 13.5. The monoisotopic (exact) mass is 224 g/mol. The van der Waals surface area contributed by atoms with Crippen LogP contribution in [0.4, 0.5) is 4.53 Å². The number of nitrogens with zero attached hydrogens (tertiary/aromatic N) is 1. The number of carbonyl (C=O) groups excluding carboxylic acids is 2. The molecule has 0 aromatic heterocycles. The molecule has 0 aromatic carbocycles. The quantitative estimate of drug-likeness (QED) is 0.665. The van der Waals surface area contributed by atoms with Crippen LogP contribution in [0.25, 0.3) is 0 Å². The highest BCUT2D eigenvalue weighted by atomic mass is 32.1. The second-order valence-corrected chi connectivity index (χ2v) is 3.43. The van der Waals surface area contributed by atoms with Gasteiger partial charge in [0, 0.05) is 7.05 Å². The molecule has 0 aliphatic rings. The Morgan fingerprint density at radius 2 is 2.07 bits per heavy atom. The summed E-state index contributed by atoms with van der Waals surface area (Å²) in [4.78, 5) is 26.7. The first kappa shape index (κ1) is 13.2. The molecule has 0 aromatic rings. The van der Waals surface area contributed by atoms with Crippen LogP contribution in [-0.4, -0.2) is 35.9 Å². The molecule has 82 valence electrons. The molecular weight excluding hydrogens is 211 g/mol. The van der Waals surface area contributed by atoms with Gasteiger partial charge < -0.3 is 9.62 Å². The lowest BCUT2D eigenvalue weighted by Crippen LogP contribution is -2.54. The summed E-state index contributed by atoms with van der Waals surface area (Å²) in [7, 11) is 1.38. The van der Waals surface area contributed by atoms with Crippen LogP contribution in [0.15, 0.2) is 0 Å². The first-order valence-corrected chi connectivity index (χ1v) is 4.27. The normalized spacial score (nSPS) is 10.9. The average molecular weight is 224 g/mol. The molecule has 0 unspecified atom stereocenters. The number of hydrogen-bond acceptors (Lipinski definition) is 4. The van der Waals surface area contributed by atoms with Crippen molar-refractivity contribution in [3.63, 3.8) is 0 Å². The molecule has 0 rings (SSSR count). The molecule has 7 heteroatoms. The van der Waals surface area contributed by atoms with E-state index in [1.165, 1.54) is 20.9 Å². The van der Waals surface area contributed by atoms with Crippen molar-refractivity contribution >= 4 is 24.6 Å². The van der Waals surface area contributed by atoms with Gasteiger partial charge in [0.15, 0.2) is 6.61 Å². The molecule has 0 saturated heterocycles. The number of amides is 2. The predicted octanol–water partition coefficient (Wildman–Crippen LogP) is 0.0855. The molecule has 0 aliphatic heterocycles. The Kier molecular flexibility index (Phi) is 4.86. The zero-order valence-corrected chi connectivity index (χ0v) is 9.10. The molecule has 0 bridgehead atoms. The molecule has 0 radical (unpaired) electrons. The summed E-state index contributed by atoms with van der Waals surface area (Å²) in [5, 5.41) is 0. The van der Waals surface area contributed by atoms with Crippen LogP contribution in [-0.2, 0) is 14.5 Å². The first-order valence-electron chi connectivity index (χ1n) is 3.82. The van der Waals surface area contributed by atoms with Gasteiger partial charge in [0.1, 0.15) is 5.54 Å². The molecule has 0 fully saturated rings. The summed E-state index contributed by atoms with van der Waals surface area (Å²) in [6, 6.07) is 0. The van der Waals surface area contributed by atoms with Crippen LogP contribution in [0.2, 0.25) is 0 Å². The molecule has 0 saturated carbocycles. The number of hydrogen-bond donors (Lipinski definition) is 2. The molecule has 2 amide bonds. The minimum Gasteiger partial charge on any atom is -0.329 e. The van der Waals surface area contributed by atoms with E-state index < -0.39 is 24.0 Å². The van der Waals surface area contributed by atoms with Crippen LogP contribution in [0.1, 0.15) is 13.8 Å². The fourth-order valence-electron chi connectivity index (χ4n) is 0.744. The second-order valence-electron chi connectivity index (χ2n) is 3.21. The molecule has 0 aliphatic carbocycles. The number of rotatable bonds is 4. The fourth-order valence-corrected chi connectivity index (χ4v) is 1.02. The van der Waals surface area contributed by atoms with Crippen molar-refractivity contribution in [2.45, 2.75) is 19.4 Å². The predicted molar refractivity (Wildman–Crippen MR) is 51.0 cm³/mol. The van der Waals surface area contributed by atoms with Crippen LogP contribution in [0.5, 0.6) is 0 Å². The van der Waals surface area contributed by atoms with Gasteiger partial charge in [0.2, 0.25) is 0 Å².